The van der Waals surface area contributed by atoms with E-state index < -0.39 is 6.10 Å². The summed E-state index contributed by atoms with van der Waals surface area (Å²) in [6, 6.07) is 3.67. The maximum atomic E-state index is 10.1. The molecule has 0 aliphatic carbocycles. The molecule has 90 valence electrons. The van der Waals surface area contributed by atoms with Crippen LogP contribution >= 0.6 is 0 Å². The third kappa shape index (κ3) is 2.88. The third-order valence-corrected chi connectivity index (χ3v) is 2.58. The summed E-state index contributed by atoms with van der Waals surface area (Å²) in [6.07, 6.45) is 5.77. The molecule has 0 bridgehead atoms. The Balaban J connectivity index is 2.08. The van der Waals surface area contributed by atoms with Crippen LogP contribution in [0.15, 0.2) is 30.9 Å². The smallest absolute Gasteiger partial charge is 0.138 e. The zero-order valence-corrected chi connectivity index (χ0v) is 9.82. The van der Waals surface area contributed by atoms with Crippen LogP contribution in [0.5, 0.6) is 0 Å². The molecule has 1 N–H and O–H groups in total. The zero-order valence-electron chi connectivity index (χ0n) is 9.82. The molecule has 0 saturated carbocycles. The van der Waals surface area contributed by atoms with Gasteiger partial charge < -0.3 is 5.11 Å². The number of hydrogen-bond acceptors (Lipinski definition) is 4. The van der Waals surface area contributed by atoms with Gasteiger partial charge in [0, 0.05) is 25.4 Å². The van der Waals surface area contributed by atoms with Crippen LogP contribution in [0.2, 0.25) is 0 Å². The fraction of sp³-hybridized carbons (Fsp3) is 0.417. The van der Waals surface area contributed by atoms with Crippen molar-refractivity contribution in [1.29, 1.82) is 0 Å². The van der Waals surface area contributed by atoms with Gasteiger partial charge in [-0.3, -0.25) is 9.67 Å². The highest BCUT2D eigenvalue weighted by molar-refractivity contribution is 5.13. The van der Waals surface area contributed by atoms with Gasteiger partial charge in [0.25, 0.3) is 0 Å². The van der Waals surface area contributed by atoms with Crippen LogP contribution in [-0.2, 0) is 13.0 Å². The average Bonchev–Trinajstić information content (AvgIpc) is 2.78. The van der Waals surface area contributed by atoms with Crippen molar-refractivity contribution in [3.8, 4) is 0 Å². The van der Waals surface area contributed by atoms with Crippen LogP contribution in [0.3, 0.4) is 0 Å². The first kappa shape index (κ1) is 11.7. The Morgan fingerprint density at radius 1 is 1.47 bits per heavy atom. The van der Waals surface area contributed by atoms with E-state index in [-0.39, 0.29) is 0 Å². The van der Waals surface area contributed by atoms with Crippen LogP contribution in [0.1, 0.15) is 30.8 Å². The SMILES string of the molecule is CCCn1ncnc1CC(O)c1cccnc1. The molecule has 5 nitrogen and oxygen atoms in total. The molecule has 0 fully saturated rings. The molecule has 2 heterocycles. The van der Waals surface area contributed by atoms with Gasteiger partial charge in [0.05, 0.1) is 6.10 Å². The van der Waals surface area contributed by atoms with Crippen LogP contribution in [-0.4, -0.2) is 24.9 Å². The summed E-state index contributed by atoms with van der Waals surface area (Å²) in [5, 5.41) is 14.2. The molecule has 0 radical (unpaired) electrons. The Morgan fingerprint density at radius 3 is 3.06 bits per heavy atom. The first-order chi connectivity index (χ1) is 8.31. The van der Waals surface area contributed by atoms with E-state index in [1.165, 1.54) is 6.33 Å². The molecule has 2 aromatic heterocycles. The molecule has 17 heavy (non-hydrogen) atoms. The van der Waals surface area contributed by atoms with Gasteiger partial charge in [-0.1, -0.05) is 13.0 Å². The Kier molecular flexibility index (Phi) is 3.82. The fourth-order valence-electron chi connectivity index (χ4n) is 1.71. The monoisotopic (exact) mass is 232 g/mol. The number of aliphatic hydroxyl groups excluding tert-OH is 1. The predicted octanol–water partition coefficient (Wildman–Crippen LogP) is 1.36. The second-order valence-corrected chi connectivity index (χ2v) is 3.91. The second kappa shape index (κ2) is 5.54. The number of nitrogens with zero attached hydrogens (tertiary/aromatic N) is 4. The van der Waals surface area contributed by atoms with E-state index in [2.05, 4.69) is 22.0 Å². The highest BCUT2D eigenvalue weighted by Gasteiger charge is 2.12. The van der Waals surface area contributed by atoms with Crippen molar-refractivity contribution in [3.05, 3.63) is 42.2 Å². The van der Waals surface area contributed by atoms with Crippen molar-refractivity contribution in [2.75, 3.05) is 0 Å². The number of pyridine rings is 1. The Labute approximate surface area is 100 Å². The summed E-state index contributed by atoms with van der Waals surface area (Å²) in [6.45, 7) is 2.91. The minimum atomic E-state index is -0.580. The molecular formula is C12H16N4O. The van der Waals surface area contributed by atoms with E-state index in [1.807, 2.05) is 16.8 Å². The number of aromatic nitrogens is 4. The summed E-state index contributed by atoms with van der Waals surface area (Å²) in [7, 11) is 0. The van der Waals surface area contributed by atoms with Crippen molar-refractivity contribution in [2.45, 2.75) is 32.4 Å². The van der Waals surface area contributed by atoms with E-state index in [4.69, 9.17) is 0 Å². The molecule has 2 aromatic rings. The van der Waals surface area contributed by atoms with Crippen LogP contribution in [0, 0.1) is 0 Å². The quantitative estimate of drug-likeness (QED) is 0.845. The minimum Gasteiger partial charge on any atom is -0.388 e. The molecule has 5 heteroatoms. The molecule has 0 spiro atoms. The van der Waals surface area contributed by atoms with E-state index in [9.17, 15) is 5.11 Å². The molecule has 0 aromatic carbocycles. The lowest BCUT2D eigenvalue weighted by molar-refractivity contribution is 0.173. The largest absolute Gasteiger partial charge is 0.388 e. The van der Waals surface area contributed by atoms with Crippen molar-refractivity contribution in [2.24, 2.45) is 0 Å². The maximum absolute atomic E-state index is 10.1. The van der Waals surface area contributed by atoms with Gasteiger partial charge in [-0.25, -0.2) is 4.98 Å². The van der Waals surface area contributed by atoms with Gasteiger partial charge in [-0.2, -0.15) is 5.10 Å². The first-order valence-corrected chi connectivity index (χ1v) is 5.76. The van der Waals surface area contributed by atoms with Crippen molar-refractivity contribution < 1.29 is 5.11 Å². The maximum Gasteiger partial charge on any atom is 0.138 e. The summed E-state index contributed by atoms with van der Waals surface area (Å²) in [5.74, 6) is 0.809. The van der Waals surface area contributed by atoms with Gasteiger partial charge in [0.1, 0.15) is 12.2 Å². The topological polar surface area (TPSA) is 63.8 Å². The highest BCUT2D eigenvalue weighted by Crippen LogP contribution is 2.15. The molecule has 0 saturated heterocycles. The summed E-state index contributed by atoms with van der Waals surface area (Å²) >= 11 is 0. The van der Waals surface area contributed by atoms with Gasteiger partial charge in [-0.15, -0.1) is 0 Å². The molecular weight excluding hydrogens is 216 g/mol. The molecule has 1 atom stereocenters. The molecule has 0 aliphatic rings. The normalized spacial score (nSPS) is 12.6. The van der Waals surface area contributed by atoms with Crippen molar-refractivity contribution in [3.63, 3.8) is 0 Å². The number of rotatable bonds is 5. The van der Waals surface area contributed by atoms with Crippen LogP contribution in [0.25, 0.3) is 0 Å². The zero-order chi connectivity index (χ0) is 12.1. The third-order valence-electron chi connectivity index (χ3n) is 2.58. The van der Waals surface area contributed by atoms with Gasteiger partial charge >= 0.3 is 0 Å². The Hall–Kier alpha value is -1.75. The number of aryl methyl sites for hydroxylation is 1. The predicted molar refractivity (Wildman–Crippen MR) is 63.2 cm³/mol. The van der Waals surface area contributed by atoms with Gasteiger partial charge in [0.2, 0.25) is 0 Å². The average molecular weight is 232 g/mol. The lowest BCUT2D eigenvalue weighted by Crippen LogP contribution is -2.10. The Bertz CT molecular complexity index is 455. The Morgan fingerprint density at radius 2 is 2.35 bits per heavy atom. The van der Waals surface area contributed by atoms with Crippen LogP contribution < -0.4 is 0 Å². The highest BCUT2D eigenvalue weighted by atomic mass is 16.3. The molecule has 0 amide bonds. The van der Waals surface area contributed by atoms with Crippen molar-refractivity contribution in [1.82, 2.24) is 19.7 Å². The van der Waals surface area contributed by atoms with E-state index in [1.54, 1.807) is 12.4 Å². The van der Waals surface area contributed by atoms with E-state index >= 15 is 0 Å². The molecule has 2 rings (SSSR count). The van der Waals surface area contributed by atoms with E-state index in [0.29, 0.717) is 6.42 Å². The molecule has 1 unspecified atom stereocenters. The van der Waals surface area contributed by atoms with Gasteiger partial charge in [-0.05, 0) is 18.1 Å². The lowest BCUT2D eigenvalue weighted by Gasteiger charge is -2.10. The van der Waals surface area contributed by atoms with Crippen molar-refractivity contribution >= 4 is 0 Å². The fourth-order valence-corrected chi connectivity index (χ4v) is 1.71. The number of hydrogen-bond donors (Lipinski definition) is 1. The standard InChI is InChI=1S/C12H16N4O/c1-2-6-16-12(14-9-15-16)7-11(17)10-4-3-5-13-8-10/h3-5,8-9,11,17H,2,6-7H2,1H3. The summed E-state index contributed by atoms with van der Waals surface area (Å²) < 4.78 is 1.83. The van der Waals surface area contributed by atoms with Crippen LogP contribution in [0.4, 0.5) is 0 Å². The van der Waals surface area contributed by atoms with Gasteiger partial charge in [0.15, 0.2) is 0 Å². The lowest BCUT2D eigenvalue weighted by atomic mass is 10.1. The molecule has 0 aliphatic heterocycles. The first-order valence-electron chi connectivity index (χ1n) is 5.76. The van der Waals surface area contributed by atoms with E-state index in [0.717, 1.165) is 24.4 Å². The summed E-state index contributed by atoms with van der Waals surface area (Å²) in [4.78, 5) is 8.16. The summed E-state index contributed by atoms with van der Waals surface area (Å²) in [5.41, 5.74) is 0.804. The minimum absolute atomic E-state index is 0.464. The number of aliphatic hydroxyl groups is 1. The second-order valence-electron chi connectivity index (χ2n) is 3.91.